The van der Waals surface area contributed by atoms with Gasteiger partial charge in [0.15, 0.2) is 0 Å². The summed E-state index contributed by atoms with van der Waals surface area (Å²) in [6.45, 7) is 0.647. The Kier molecular flexibility index (Phi) is 4.18. The second-order valence-corrected chi connectivity index (χ2v) is 7.72. The Morgan fingerprint density at radius 2 is 1.91 bits per heavy atom. The van der Waals surface area contributed by atoms with Crippen LogP contribution in [0.3, 0.4) is 0 Å². The van der Waals surface area contributed by atoms with Crippen molar-refractivity contribution in [3.8, 4) is 0 Å². The molecule has 22 heavy (non-hydrogen) atoms. The molecular weight excluding hydrogens is 322 g/mol. The number of hydrogen-bond donors (Lipinski definition) is 1. The van der Waals surface area contributed by atoms with E-state index in [4.69, 9.17) is 17.3 Å². The van der Waals surface area contributed by atoms with Crippen molar-refractivity contribution in [3.05, 3.63) is 59.4 Å². The number of nitrogens with zero attached hydrogens (tertiary/aromatic N) is 2. The van der Waals surface area contributed by atoms with Crippen molar-refractivity contribution in [1.82, 2.24) is 9.29 Å². The van der Waals surface area contributed by atoms with E-state index in [1.807, 2.05) is 30.3 Å². The second-order valence-electron chi connectivity index (χ2n) is 5.34. The lowest BCUT2D eigenvalue weighted by molar-refractivity contribution is 0.470. The molecule has 1 saturated heterocycles. The van der Waals surface area contributed by atoms with Crippen molar-refractivity contribution in [2.24, 2.45) is 5.73 Å². The lowest BCUT2D eigenvalue weighted by atomic mass is 9.95. The number of pyridine rings is 1. The Morgan fingerprint density at radius 1 is 1.18 bits per heavy atom. The summed E-state index contributed by atoms with van der Waals surface area (Å²) in [6.07, 6.45) is 2.71. The first-order valence-corrected chi connectivity index (χ1v) is 8.71. The molecule has 1 fully saturated rings. The monoisotopic (exact) mass is 337 g/mol. The molecule has 7 heteroatoms. The first kappa shape index (κ1) is 15.4. The van der Waals surface area contributed by atoms with Gasteiger partial charge >= 0.3 is 0 Å². The summed E-state index contributed by atoms with van der Waals surface area (Å²) < 4.78 is 26.8. The summed E-state index contributed by atoms with van der Waals surface area (Å²) in [5.74, 6) is -0.0110. The first-order chi connectivity index (χ1) is 10.5. The Labute approximate surface area is 134 Å². The number of rotatable bonds is 3. The molecular formula is C15H16ClN3O2S. The molecule has 2 aromatic rings. The number of nitrogens with two attached hydrogens (primary N) is 1. The Morgan fingerprint density at radius 3 is 2.59 bits per heavy atom. The highest BCUT2D eigenvalue weighted by Crippen LogP contribution is 2.30. The van der Waals surface area contributed by atoms with Crippen LogP contribution in [0.5, 0.6) is 0 Å². The fourth-order valence-corrected chi connectivity index (χ4v) is 4.46. The molecule has 0 radical (unpaired) electrons. The number of halogens is 1. The van der Waals surface area contributed by atoms with Gasteiger partial charge in [0.2, 0.25) is 10.0 Å². The van der Waals surface area contributed by atoms with Crippen molar-refractivity contribution >= 4 is 21.6 Å². The fraction of sp³-hybridized carbons (Fsp3) is 0.267. The van der Waals surface area contributed by atoms with Gasteiger partial charge in [0.25, 0.3) is 0 Å². The van der Waals surface area contributed by atoms with Crippen molar-refractivity contribution in [3.63, 3.8) is 0 Å². The summed E-state index contributed by atoms with van der Waals surface area (Å²) in [4.78, 5) is 3.95. The normalized spacial score (nSPS) is 22.8. The van der Waals surface area contributed by atoms with Gasteiger partial charge in [0, 0.05) is 37.4 Å². The molecule has 1 aliphatic rings. The van der Waals surface area contributed by atoms with Crippen LogP contribution in [0.25, 0.3) is 0 Å². The van der Waals surface area contributed by atoms with E-state index >= 15 is 0 Å². The van der Waals surface area contributed by atoms with E-state index in [1.54, 1.807) is 0 Å². The third-order valence-electron chi connectivity index (χ3n) is 3.88. The third-order valence-corrected chi connectivity index (χ3v) is 5.88. The average Bonchev–Trinajstić information content (AvgIpc) is 2.91. The second kappa shape index (κ2) is 5.96. The maximum atomic E-state index is 12.7. The van der Waals surface area contributed by atoms with E-state index in [2.05, 4.69) is 4.98 Å². The molecule has 1 aliphatic heterocycles. The molecule has 116 valence electrons. The highest BCUT2D eigenvalue weighted by Gasteiger charge is 2.38. The lowest BCUT2D eigenvalue weighted by Gasteiger charge is -2.16. The Hall–Kier alpha value is -1.47. The first-order valence-electron chi connectivity index (χ1n) is 6.90. The zero-order valence-corrected chi connectivity index (χ0v) is 13.3. The number of benzene rings is 1. The van der Waals surface area contributed by atoms with Crippen LogP contribution < -0.4 is 5.73 Å². The van der Waals surface area contributed by atoms with Crippen LogP contribution in [0.1, 0.15) is 11.5 Å². The van der Waals surface area contributed by atoms with Crippen molar-refractivity contribution < 1.29 is 8.42 Å². The van der Waals surface area contributed by atoms with Gasteiger partial charge in [-0.2, -0.15) is 4.31 Å². The van der Waals surface area contributed by atoms with Crippen LogP contribution in [0.15, 0.2) is 53.7 Å². The molecule has 1 aromatic carbocycles. The Bertz CT molecular complexity index is 767. The van der Waals surface area contributed by atoms with E-state index in [0.717, 1.165) is 5.56 Å². The highest BCUT2D eigenvalue weighted by atomic mass is 35.5. The summed E-state index contributed by atoms with van der Waals surface area (Å²) >= 11 is 5.84. The molecule has 0 aliphatic carbocycles. The average molecular weight is 338 g/mol. The largest absolute Gasteiger partial charge is 0.326 e. The minimum atomic E-state index is -3.63. The van der Waals surface area contributed by atoms with Crippen molar-refractivity contribution in [2.45, 2.75) is 16.9 Å². The SMILES string of the molecule is N[C@@H]1CN(S(=O)(=O)c2cncc(Cl)c2)C[C@H]1c1ccccc1. The van der Waals surface area contributed by atoms with Gasteiger partial charge in [-0.25, -0.2) is 8.42 Å². The predicted octanol–water partition coefficient (Wildman–Crippen LogP) is 1.85. The quantitative estimate of drug-likeness (QED) is 0.927. The number of sulfonamides is 1. The summed E-state index contributed by atoms with van der Waals surface area (Å²) in [6, 6.07) is 10.9. The minimum absolute atomic E-state index is 0.0110. The molecule has 2 N–H and O–H groups in total. The lowest BCUT2D eigenvalue weighted by Crippen LogP contribution is -2.32. The molecule has 0 spiro atoms. The fourth-order valence-electron chi connectivity index (χ4n) is 2.72. The zero-order valence-electron chi connectivity index (χ0n) is 11.8. The highest BCUT2D eigenvalue weighted by molar-refractivity contribution is 7.89. The minimum Gasteiger partial charge on any atom is -0.326 e. The molecule has 3 rings (SSSR count). The smallest absolute Gasteiger partial charge is 0.244 e. The van der Waals surface area contributed by atoms with Gasteiger partial charge in [-0.3, -0.25) is 4.98 Å². The molecule has 5 nitrogen and oxygen atoms in total. The zero-order chi connectivity index (χ0) is 15.7. The maximum absolute atomic E-state index is 12.7. The standard InChI is InChI=1S/C15H16ClN3O2S/c16-12-6-13(8-18-7-12)22(20,21)19-9-14(15(17)10-19)11-4-2-1-3-5-11/h1-8,14-15H,9-10,17H2/t14-,15+/m0/s1. The van der Waals surface area contributed by atoms with Gasteiger partial charge < -0.3 is 5.73 Å². The number of hydrogen-bond acceptors (Lipinski definition) is 4. The van der Waals surface area contributed by atoms with E-state index < -0.39 is 10.0 Å². The van der Waals surface area contributed by atoms with E-state index in [1.165, 1.54) is 22.8 Å². The summed E-state index contributed by atoms with van der Waals surface area (Å²) in [5, 5.41) is 0.296. The van der Waals surface area contributed by atoms with Crippen LogP contribution in [0.4, 0.5) is 0 Å². The van der Waals surface area contributed by atoms with Gasteiger partial charge in [-0.05, 0) is 11.6 Å². The third kappa shape index (κ3) is 2.87. The van der Waals surface area contributed by atoms with Crippen molar-refractivity contribution in [2.75, 3.05) is 13.1 Å². The van der Waals surface area contributed by atoms with Crippen LogP contribution in [0.2, 0.25) is 5.02 Å². The van der Waals surface area contributed by atoms with Crippen molar-refractivity contribution in [1.29, 1.82) is 0 Å². The van der Waals surface area contributed by atoms with E-state index in [0.29, 0.717) is 11.6 Å². The van der Waals surface area contributed by atoms with Gasteiger partial charge in [0.05, 0.1) is 5.02 Å². The summed E-state index contributed by atoms with van der Waals surface area (Å²) in [5.41, 5.74) is 7.21. The van der Waals surface area contributed by atoms with Crippen LogP contribution in [-0.2, 0) is 10.0 Å². The van der Waals surface area contributed by atoms with Crippen LogP contribution in [-0.4, -0.2) is 36.8 Å². The van der Waals surface area contributed by atoms with Gasteiger partial charge in [-0.15, -0.1) is 0 Å². The maximum Gasteiger partial charge on any atom is 0.244 e. The van der Waals surface area contributed by atoms with E-state index in [-0.39, 0.29) is 23.4 Å². The van der Waals surface area contributed by atoms with E-state index in [9.17, 15) is 8.42 Å². The summed E-state index contributed by atoms with van der Waals surface area (Å²) in [7, 11) is -3.63. The molecule has 2 atom stereocenters. The predicted molar refractivity (Wildman–Crippen MR) is 85.2 cm³/mol. The Balaban J connectivity index is 1.88. The molecule has 0 amide bonds. The van der Waals surface area contributed by atoms with Crippen LogP contribution >= 0.6 is 11.6 Å². The molecule has 0 saturated carbocycles. The number of aromatic nitrogens is 1. The molecule has 0 unspecified atom stereocenters. The molecule has 0 bridgehead atoms. The molecule has 2 heterocycles. The molecule has 1 aromatic heterocycles. The van der Waals surface area contributed by atoms with Gasteiger partial charge in [-0.1, -0.05) is 41.9 Å². The van der Waals surface area contributed by atoms with Gasteiger partial charge in [0.1, 0.15) is 4.90 Å². The topological polar surface area (TPSA) is 76.3 Å². The van der Waals surface area contributed by atoms with Crippen LogP contribution in [0, 0.1) is 0 Å².